The lowest BCUT2D eigenvalue weighted by Gasteiger charge is -2.13. The van der Waals surface area contributed by atoms with Crippen LogP contribution in [0, 0.1) is 0 Å². The molecule has 0 spiro atoms. The zero-order valence-electron chi connectivity index (χ0n) is 12.0. The minimum atomic E-state index is 0.148. The first-order chi connectivity index (χ1) is 10.3. The van der Waals surface area contributed by atoms with E-state index in [-0.39, 0.29) is 11.9 Å². The summed E-state index contributed by atoms with van der Waals surface area (Å²) in [6.45, 7) is 1.32. The predicted molar refractivity (Wildman–Crippen MR) is 80.9 cm³/mol. The molecule has 0 aromatic heterocycles. The Morgan fingerprint density at radius 1 is 1.24 bits per heavy atom. The zero-order valence-corrected chi connectivity index (χ0v) is 12.0. The van der Waals surface area contributed by atoms with Crippen molar-refractivity contribution in [2.75, 3.05) is 13.7 Å². The molecule has 1 aliphatic heterocycles. The van der Waals surface area contributed by atoms with Crippen molar-refractivity contribution in [1.82, 2.24) is 5.32 Å². The van der Waals surface area contributed by atoms with Crippen LogP contribution in [-0.4, -0.2) is 24.9 Å². The summed E-state index contributed by atoms with van der Waals surface area (Å²) < 4.78 is 11.0. The highest BCUT2D eigenvalue weighted by atomic mass is 16.5. The molecule has 0 bridgehead atoms. The topological polar surface area (TPSA) is 50.7 Å². The summed E-state index contributed by atoms with van der Waals surface area (Å²) >= 11 is 0. The van der Waals surface area contributed by atoms with Crippen LogP contribution in [0.25, 0.3) is 0 Å². The van der Waals surface area contributed by atoms with E-state index in [1.807, 2.05) is 30.3 Å². The molecule has 0 fully saturated rings. The molecule has 0 saturated heterocycles. The van der Waals surface area contributed by atoms with Gasteiger partial charge in [-0.2, -0.15) is 0 Å². The second-order valence-corrected chi connectivity index (χ2v) is 5.15. The highest BCUT2D eigenvalue weighted by molar-refractivity contribution is 5.45. The molecule has 4 nitrogen and oxygen atoms in total. The van der Waals surface area contributed by atoms with Crippen LogP contribution >= 0.6 is 0 Å². The number of fused-ring (bicyclic) bond motifs is 1. The van der Waals surface area contributed by atoms with E-state index in [0.717, 1.165) is 24.3 Å². The number of para-hydroxylation sites is 2. The second kappa shape index (κ2) is 6.06. The number of hydrogen-bond donors (Lipinski definition) is 2. The Kier molecular flexibility index (Phi) is 3.97. The van der Waals surface area contributed by atoms with Crippen LogP contribution in [-0.2, 0) is 13.0 Å². The van der Waals surface area contributed by atoms with E-state index in [1.165, 1.54) is 5.56 Å². The number of benzene rings is 2. The lowest BCUT2D eigenvalue weighted by molar-refractivity contribution is 0.227. The molecule has 110 valence electrons. The van der Waals surface area contributed by atoms with E-state index in [9.17, 15) is 5.11 Å². The fraction of sp³-hybridized carbons (Fsp3) is 0.294. The predicted octanol–water partition coefficient (Wildman–Crippen LogP) is 2.49. The molecule has 2 aromatic carbocycles. The van der Waals surface area contributed by atoms with Gasteiger partial charge in [-0.3, -0.25) is 0 Å². The lowest BCUT2D eigenvalue weighted by atomic mass is 10.1. The standard InChI is InChI=1S/C17H19NO3/c1-20-16-8-4-6-13(17(16)19)10-18-11-14-9-12-5-2-3-7-15(12)21-14/h2-8,14,18-19H,9-11H2,1H3. The van der Waals surface area contributed by atoms with Gasteiger partial charge in [-0.25, -0.2) is 0 Å². The van der Waals surface area contributed by atoms with Crippen molar-refractivity contribution in [3.05, 3.63) is 53.6 Å². The first-order valence-electron chi connectivity index (χ1n) is 7.08. The number of phenolic OH excluding ortho intramolecular Hbond substituents is 1. The second-order valence-electron chi connectivity index (χ2n) is 5.15. The number of aromatic hydroxyl groups is 1. The van der Waals surface area contributed by atoms with E-state index in [0.29, 0.717) is 12.3 Å². The van der Waals surface area contributed by atoms with E-state index >= 15 is 0 Å². The van der Waals surface area contributed by atoms with E-state index < -0.39 is 0 Å². The van der Waals surface area contributed by atoms with Gasteiger partial charge in [0.15, 0.2) is 11.5 Å². The first kappa shape index (κ1) is 13.8. The van der Waals surface area contributed by atoms with Gasteiger partial charge < -0.3 is 19.9 Å². The lowest BCUT2D eigenvalue weighted by Crippen LogP contribution is -2.29. The molecule has 1 heterocycles. The smallest absolute Gasteiger partial charge is 0.162 e. The summed E-state index contributed by atoms with van der Waals surface area (Å²) in [5.41, 5.74) is 2.08. The molecule has 1 aliphatic rings. The third-order valence-corrected chi connectivity index (χ3v) is 3.70. The van der Waals surface area contributed by atoms with Gasteiger partial charge in [0.05, 0.1) is 7.11 Å². The van der Waals surface area contributed by atoms with Gasteiger partial charge in [-0.15, -0.1) is 0 Å². The van der Waals surface area contributed by atoms with Crippen LogP contribution in [0.1, 0.15) is 11.1 Å². The van der Waals surface area contributed by atoms with E-state index in [1.54, 1.807) is 13.2 Å². The molecule has 1 unspecified atom stereocenters. The Labute approximate surface area is 124 Å². The average molecular weight is 285 g/mol. The molecular weight excluding hydrogens is 266 g/mol. The number of nitrogens with one attached hydrogen (secondary N) is 1. The SMILES string of the molecule is COc1cccc(CNCC2Cc3ccccc3O2)c1O. The summed E-state index contributed by atoms with van der Waals surface area (Å²) in [6, 6.07) is 13.6. The molecule has 0 saturated carbocycles. The average Bonchev–Trinajstić information content (AvgIpc) is 2.91. The minimum Gasteiger partial charge on any atom is -0.504 e. The van der Waals surface area contributed by atoms with E-state index in [2.05, 4.69) is 11.4 Å². The van der Waals surface area contributed by atoms with Crippen LogP contribution in [0.3, 0.4) is 0 Å². The summed E-state index contributed by atoms with van der Waals surface area (Å²) in [6.07, 6.45) is 1.07. The molecule has 0 amide bonds. The molecule has 2 N–H and O–H groups in total. The summed E-state index contributed by atoms with van der Waals surface area (Å²) in [7, 11) is 1.55. The first-order valence-corrected chi connectivity index (χ1v) is 7.08. The van der Waals surface area contributed by atoms with Crippen molar-refractivity contribution >= 4 is 0 Å². The fourth-order valence-corrected chi connectivity index (χ4v) is 2.61. The van der Waals surface area contributed by atoms with Gasteiger partial charge in [0.25, 0.3) is 0 Å². The van der Waals surface area contributed by atoms with Crippen LogP contribution in [0.4, 0.5) is 0 Å². The molecular formula is C17H19NO3. The maximum Gasteiger partial charge on any atom is 0.162 e. The minimum absolute atomic E-state index is 0.148. The van der Waals surface area contributed by atoms with Gasteiger partial charge in [-0.05, 0) is 17.7 Å². The zero-order chi connectivity index (χ0) is 14.7. The quantitative estimate of drug-likeness (QED) is 0.886. The van der Waals surface area contributed by atoms with Crippen molar-refractivity contribution in [3.63, 3.8) is 0 Å². The van der Waals surface area contributed by atoms with Crippen molar-refractivity contribution in [3.8, 4) is 17.2 Å². The van der Waals surface area contributed by atoms with Crippen molar-refractivity contribution in [1.29, 1.82) is 0 Å². The molecule has 1 atom stereocenters. The summed E-state index contributed by atoms with van der Waals surface area (Å²) in [4.78, 5) is 0. The van der Waals surface area contributed by atoms with Crippen LogP contribution in [0.2, 0.25) is 0 Å². The maximum absolute atomic E-state index is 10.0. The molecule has 2 aromatic rings. The number of methoxy groups -OCH3 is 1. The third-order valence-electron chi connectivity index (χ3n) is 3.70. The van der Waals surface area contributed by atoms with Gasteiger partial charge in [0.2, 0.25) is 0 Å². The Bertz CT molecular complexity index is 602. The summed E-state index contributed by atoms with van der Waals surface area (Å²) in [5.74, 6) is 1.68. The van der Waals surface area contributed by atoms with Crippen LogP contribution in [0.15, 0.2) is 42.5 Å². The largest absolute Gasteiger partial charge is 0.504 e. The Morgan fingerprint density at radius 3 is 2.90 bits per heavy atom. The van der Waals surface area contributed by atoms with E-state index in [4.69, 9.17) is 9.47 Å². The molecule has 0 aliphatic carbocycles. The number of hydrogen-bond acceptors (Lipinski definition) is 4. The fourth-order valence-electron chi connectivity index (χ4n) is 2.61. The van der Waals surface area contributed by atoms with Gasteiger partial charge in [0, 0.05) is 25.1 Å². The monoisotopic (exact) mass is 285 g/mol. The van der Waals surface area contributed by atoms with Crippen molar-refractivity contribution < 1.29 is 14.6 Å². The van der Waals surface area contributed by atoms with Crippen LogP contribution < -0.4 is 14.8 Å². The van der Waals surface area contributed by atoms with Gasteiger partial charge >= 0.3 is 0 Å². The van der Waals surface area contributed by atoms with Gasteiger partial charge in [-0.1, -0.05) is 30.3 Å². The number of rotatable bonds is 5. The molecule has 3 rings (SSSR count). The normalized spacial score (nSPS) is 16.3. The summed E-state index contributed by atoms with van der Waals surface area (Å²) in [5, 5.41) is 13.4. The Hall–Kier alpha value is -2.20. The molecule has 0 radical (unpaired) electrons. The van der Waals surface area contributed by atoms with Crippen molar-refractivity contribution in [2.45, 2.75) is 19.1 Å². The Balaban J connectivity index is 1.54. The maximum atomic E-state index is 10.0. The number of ether oxygens (including phenoxy) is 2. The van der Waals surface area contributed by atoms with Crippen molar-refractivity contribution in [2.24, 2.45) is 0 Å². The highest BCUT2D eigenvalue weighted by Gasteiger charge is 2.21. The van der Waals surface area contributed by atoms with Gasteiger partial charge in [0.1, 0.15) is 11.9 Å². The molecule has 21 heavy (non-hydrogen) atoms. The Morgan fingerprint density at radius 2 is 2.10 bits per heavy atom. The third kappa shape index (κ3) is 2.95. The number of phenols is 1. The highest BCUT2D eigenvalue weighted by Crippen LogP contribution is 2.30. The van der Waals surface area contributed by atoms with Crippen LogP contribution in [0.5, 0.6) is 17.2 Å². The molecule has 4 heteroatoms.